The summed E-state index contributed by atoms with van der Waals surface area (Å²) < 4.78 is 4.62. The summed E-state index contributed by atoms with van der Waals surface area (Å²) in [4.78, 5) is 13.2. The molecule has 0 atom stereocenters. The van der Waals surface area contributed by atoms with Gasteiger partial charge in [0.2, 0.25) is 0 Å². The summed E-state index contributed by atoms with van der Waals surface area (Å²) in [5.41, 5.74) is 7.20. The lowest BCUT2D eigenvalue weighted by atomic mass is 10.1. The third kappa shape index (κ3) is 2.64. The number of aliphatic hydroxyl groups is 1. The van der Waals surface area contributed by atoms with Crippen molar-refractivity contribution in [2.75, 3.05) is 37.9 Å². The van der Waals surface area contributed by atoms with Crippen molar-refractivity contribution >= 4 is 17.3 Å². The quantitative estimate of drug-likeness (QED) is 0.575. The van der Waals surface area contributed by atoms with E-state index in [0.29, 0.717) is 17.8 Å². The molecule has 0 fully saturated rings. The van der Waals surface area contributed by atoms with E-state index in [4.69, 9.17) is 10.8 Å². The summed E-state index contributed by atoms with van der Waals surface area (Å²) in [6.45, 7) is 0.541. The molecule has 1 rings (SSSR count). The number of hydrogen-bond acceptors (Lipinski definition) is 5. The molecule has 0 saturated carbocycles. The number of nitrogens with two attached hydrogens (primary N) is 1. The first-order chi connectivity index (χ1) is 7.60. The van der Waals surface area contributed by atoms with Crippen LogP contribution in [-0.2, 0) is 4.74 Å². The number of carbonyl (C=O) groups excluding carboxylic acids is 1. The van der Waals surface area contributed by atoms with Crippen LogP contribution >= 0.6 is 0 Å². The number of ether oxygens (including phenoxy) is 1. The van der Waals surface area contributed by atoms with Crippen LogP contribution in [0, 0.1) is 0 Å². The molecule has 5 heteroatoms. The molecule has 0 radical (unpaired) electrons. The fourth-order valence-corrected chi connectivity index (χ4v) is 1.35. The number of nitrogen functional groups attached to an aromatic ring is 1. The van der Waals surface area contributed by atoms with Crippen LogP contribution in [0.15, 0.2) is 18.2 Å². The molecule has 0 saturated heterocycles. The summed E-state index contributed by atoms with van der Waals surface area (Å²) in [6, 6.07) is 5.09. The highest BCUT2D eigenvalue weighted by atomic mass is 16.5. The average molecular weight is 224 g/mol. The molecule has 0 aliphatic heterocycles. The van der Waals surface area contributed by atoms with Crippen molar-refractivity contribution in [1.82, 2.24) is 0 Å². The lowest BCUT2D eigenvalue weighted by Crippen LogP contribution is -2.21. The lowest BCUT2D eigenvalue weighted by Gasteiger charge is -2.18. The fraction of sp³-hybridized carbons (Fsp3) is 0.364. The van der Waals surface area contributed by atoms with Gasteiger partial charge in [0.1, 0.15) is 0 Å². The molecule has 88 valence electrons. The van der Waals surface area contributed by atoms with E-state index in [2.05, 4.69) is 4.74 Å². The molecule has 3 N–H and O–H groups in total. The van der Waals surface area contributed by atoms with Gasteiger partial charge in [-0.2, -0.15) is 0 Å². The van der Waals surface area contributed by atoms with Gasteiger partial charge < -0.3 is 20.5 Å². The van der Waals surface area contributed by atoms with E-state index in [0.717, 1.165) is 5.69 Å². The average Bonchev–Trinajstić information content (AvgIpc) is 2.29. The molecule has 0 amide bonds. The Morgan fingerprint density at radius 1 is 1.56 bits per heavy atom. The number of nitrogens with zero attached hydrogens (tertiary/aromatic N) is 1. The van der Waals surface area contributed by atoms with E-state index in [1.54, 1.807) is 18.2 Å². The fourth-order valence-electron chi connectivity index (χ4n) is 1.35. The highest BCUT2D eigenvalue weighted by Crippen LogP contribution is 2.20. The standard InChI is InChI=1S/C11H16N2O3/c1-13(5-6-14)8-3-4-10(12)9(7-8)11(15)16-2/h3-4,7,14H,5-6,12H2,1-2H3. The Morgan fingerprint density at radius 2 is 2.25 bits per heavy atom. The molecule has 0 heterocycles. The largest absolute Gasteiger partial charge is 0.465 e. The summed E-state index contributed by atoms with van der Waals surface area (Å²) >= 11 is 0. The molecular weight excluding hydrogens is 208 g/mol. The molecule has 0 aromatic heterocycles. The number of likely N-dealkylation sites (N-methyl/N-ethyl adjacent to an activating group) is 1. The third-order valence-electron chi connectivity index (χ3n) is 2.32. The van der Waals surface area contributed by atoms with Crippen LogP contribution in [0.3, 0.4) is 0 Å². The Labute approximate surface area is 94.4 Å². The number of methoxy groups -OCH3 is 1. The summed E-state index contributed by atoms with van der Waals surface area (Å²) in [5.74, 6) is -0.461. The van der Waals surface area contributed by atoms with Crippen LogP contribution < -0.4 is 10.6 Å². The van der Waals surface area contributed by atoms with Gasteiger partial charge in [-0.25, -0.2) is 4.79 Å². The van der Waals surface area contributed by atoms with E-state index in [-0.39, 0.29) is 6.61 Å². The van der Waals surface area contributed by atoms with Crippen molar-refractivity contribution < 1.29 is 14.6 Å². The SMILES string of the molecule is COC(=O)c1cc(N(C)CCO)ccc1N. The first-order valence-corrected chi connectivity index (χ1v) is 4.90. The van der Waals surface area contributed by atoms with E-state index in [1.807, 2.05) is 11.9 Å². The van der Waals surface area contributed by atoms with Gasteiger partial charge in [0, 0.05) is 25.0 Å². The zero-order chi connectivity index (χ0) is 12.1. The summed E-state index contributed by atoms with van der Waals surface area (Å²) in [7, 11) is 3.13. The molecule has 5 nitrogen and oxygen atoms in total. The maximum absolute atomic E-state index is 11.4. The number of aliphatic hydroxyl groups excluding tert-OH is 1. The molecule has 0 bridgehead atoms. The van der Waals surface area contributed by atoms with Crippen LogP contribution in [0.4, 0.5) is 11.4 Å². The number of carbonyl (C=O) groups is 1. The van der Waals surface area contributed by atoms with Crippen molar-refractivity contribution in [3.63, 3.8) is 0 Å². The van der Waals surface area contributed by atoms with Gasteiger partial charge in [-0.1, -0.05) is 0 Å². The molecule has 0 aliphatic carbocycles. The first kappa shape index (κ1) is 12.3. The highest BCUT2D eigenvalue weighted by Gasteiger charge is 2.11. The van der Waals surface area contributed by atoms with E-state index >= 15 is 0 Å². The van der Waals surface area contributed by atoms with Gasteiger partial charge in [0.25, 0.3) is 0 Å². The van der Waals surface area contributed by atoms with Gasteiger partial charge in [-0.3, -0.25) is 0 Å². The van der Waals surface area contributed by atoms with Crippen molar-refractivity contribution in [3.05, 3.63) is 23.8 Å². The maximum atomic E-state index is 11.4. The predicted molar refractivity (Wildman–Crippen MR) is 62.5 cm³/mol. The lowest BCUT2D eigenvalue weighted by molar-refractivity contribution is 0.0602. The second-order valence-corrected chi connectivity index (χ2v) is 3.41. The second kappa shape index (κ2) is 5.37. The number of hydrogen-bond donors (Lipinski definition) is 2. The minimum Gasteiger partial charge on any atom is -0.465 e. The predicted octanol–water partition coefficient (Wildman–Crippen LogP) is 0.484. The smallest absolute Gasteiger partial charge is 0.340 e. The summed E-state index contributed by atoms with van der Waals surface area (Å²) in [6.07, 6.45) is 0. The molecule has 1 aromatic carbocycles. The number of anilines is 2. The Bertz CT molecular complexity index is 379. The molecule has 16 heavy (non-hydrogen) atoms. The molecule has 0 spiro atoms. The maximum Gasteiger partial charge on any atom is 0.340 e. The van der Waals surface area contributed by atoms with Gasteiger partial charge in [-0.15, -0.1) is 0 Å². The van der Waals surface area contributed by atoms with Gasteiger partial charge >= 0.3 is 5.97 Å². The Balaban J connectivity index is 3.02. The van der Waals surface area contributed by atoms with Gasteiger partial charge in [-0.05, 0) is 18.2 Å². The number of benzene rings is 1. The number of esters is 1. The normalized spacial score (nSPS) is 9.94. The van der Waals surface area contributed by atoms with Crippen LogP contribution in [0.25, 0.3) is 0 Å². The molecule has 0 aliphatic rings. The van der Waals surface area contributed by atoms with Crippen molar-refractivity contribution in [1.29, 1.82) is 0 Å². The van der Waals surface area contributed by atoms with E-state index < -0.39 is 5.97 Å². The second-order valence-electron chi connectivity index (χ2n) is 3.41. The van der Waals surface area contributed by atoms with Gasteiger partial charge in [0.15, 0.2) is 0 Å². The van der Waals surface area contributed by atoms with Crippen molar-refractivity contribution in [2.24, 2.45) is 0 Å². The molecule has 0 unspecified atom stereocenters. The van der Waals surface area contributed by atoms with Crippen LogP contribution in [0.5, 0.6) is 0 Å². The summed E-state index contributed by atoms with van der Waals surface area (Å²) in [5, 5.41) is 8.82. The molecule has 1 aromatic rings. The topological polar surface area (TPSA) is 75.8 Å². The Kier molecular flexibility index (Phi) is 4.13. The zero-order valence-corrected chi connectivity index (χ0v) is 9.43. The first-order valence-electron chi connectivity index (χ1n) is 4.90. The van der Waals surface area contributed by atoms with Crippen LogP contribution in [0.2, 0.25) is 0 Å². The minimum absolute atomic E-state index is 0.0500. The third-order valence-corrected chi connectivity index (χ3v) is 2.32. The van der Waals surface area contributed by atoms with Crippen LogP contribution in [-0.4, -0.2) is 38.4 Å². The highest BCUT2D eigenvalue weighted by molar-refractivity contribution is 5.96. The Morgan fingerprint density at radius 3 is 2.81 bits per heavy atom. The Hall–Kier alpha value is -1.75. The van der Waals surface area contributed by atoms with E-state index in [1.165, 1.54) is 7.11 Å². The number of rotatable bonds is 4. The monoisotopic (exact) mass is 224 g/mol. The minimum atomic E-state index is -0.461. The zero-order valence-electron chi connectivity index (χ0n) is 9.43. The van der Waals surface area contributed by atoms with Crippen LogP contribution in [0.1, 0.15) is 10.4 Å². The van der Waals surface area contributed by atoms with Crippen molar-refractivity contribution in [2.45, 2.75) is 0 Å². The molecular formula is C11H16N2O3. The van der Waals surface area contributed by atoms with Gasteiger partial charge in [0.05, 0.1) is 19.3 Å². The van der Waals surface area contributed by atoms with Crippen molar-refractivity contribution in [3.8, 4) is 0 Å². The van der Waals surface area contributed by atoms with E-state index in [9.17, 15) is 4.79 Å².